The third kappa shape index (κ3) is 4.39. The second-order valence-electron chi connectivity index (χ2n) is 7.34. The first kappa shape index (κ1) is 21.6. The second-order valence-corrected chi connectivity index (χ2v) is 10.5. The van der Waals surface area contributed by atoms with Crippen LogP contribution in [-0.2, 0) is 14.8 Å². The van der Waals surface area contributed by atoms with Gasteiger partial charge in [-0.25, -0.2) is 12.8 Å². The van der Waals surface area contributed by atoms with E-state index in [1.807, 2.05) is 0 Å². The van der Waals surface area contributed by atoms with E-state index >= 15 is 0 Å². The quantitative estimate of drug-likeness (QED) is 0.619. The summed E-state index contributed by atoms with van der Waals surface area (Å²) in [6.45, 7) is 3.74. The summed E-state index contributed by atoms with van der Waals surface area (Å²) in [6.07, 6.45) is 1.07. The van der Waals surface area contributed by atoms with Crippen LogP contribution in [0.3, 0.4) is 0 Å². The van der Waals surface area contributed by atoms with Crippen LogP contribution in [0.4, 0.5) is 10.1 Å². The molecule has 1 aromatic carbocycles. The number of nitrogens with one attached hydrogen (secondary N) is 1. The lowest BCUT2D eigenvalue weighted by Gasteiger charge is -2.31. The van der Waals surface area contributed by atoms with E-state index in [2.05, 4.69) is 15.5 Å². The highest BCUT2D eigenvalue weighted by Crippen LogP contribution is 2.35. The largest absolute Gasteiger partial charge is 0.339 e. The number of hydrogen-bond acceptors (Lipinski definition) is 7. The van der Waals surface area contributed by atoms with Crippen molar-refractivity contribution in [2.75, 3.05) is 18.4 Å². The molecule has 0 saturated carbocycles. The van der Waals surface area contributed by atoms with E-state index in [1.54, 1.807) is 26.0 Å². The lowest BCUT2D eigenvalue weighted by Crippen LogP contribution is -2.43. The van der Waals surface area contributed by atoms with Crippen molar-refractivity contribution in [3.8, 4) is 10.7 Å². The van der Waals surface area contributed by atoms with Crippen molar-refractivity contribution in [3.05, 3.63) is 46.9 Å². The number of aryl methyl sites for hydroxylation is 2. The number of hydrogen-bond donors (Lipinski definition) is 1. The van der Waals surface area contributed by atoms with E-state index in [1.165, 1.54) is 33.8 Å². The number of thiophene rings is 1. The first-order chi connectivity index (χ1) is 14.8. The first-order valence-corrected chi connectivity index (χ1v) is 12.0. The van der Waals surface area contributed by atoms with Crippen molar-refractivity contribution < 1.29 is 22.1 Å². The number of nitrogens with zero attached hydrogens (tertiary/aromatic N) is 3. The van der Waals surface area contributed by atoms with Gasteiger partial charge in [-0.1, -0.05) is 17.3 Å². The molecule has 0 unspecified atom stereocenters. The minimum atomic E-state index is -3.82. The van der Waals surface area contributed by atoms with Gasteiger partial charge in [0.05, 0.1) is 21.4 Å². The molecule has 1 amide bonds. The molecule has 0 bridgehead atoms. The number of piperidine rings is 1. The summed E-state index contributed by atoms with van der Waals surface area (Å²) in [5, 5.41) is 6.42. The van der Waals surface area contributed by atoms with Gasteiger partial charge in [0.25, 0.3) is 0 Å². The molecule has 8 nitrogen and oxygen atoms in total. The Kier molecular flexibility index (Phi) is 5.91. The second kappa shape index (κ2) is 8.48. The Morgan fingerprint density at radius 3 is 2.81 bits per heavy atom. The molecule has 3 aromatic rings. The predicted molar refractivity (Wildman–Crippen MR) is 114 cm³/mol. The molecule has 1 atom stereocenters. The van der Waals surface area contributed by atoms with Crippen molar-refractivity contribution in [2.45, 2.75) is 31.6 Å². The number of carbonyl (C=O) groups excluding carboxylic acids is 1. The molecule has 0 radical (unpaired) electrons. The summed E-state index contributed by atoms with van der Waals surface area (Å²) in [6, 6.07) is 7.43. The van der Waals surface area contributed by atoms with Crippen LogP contribution in [0.5, 0.6) is 0 Å². The van der Waals surface area contributed by atoms with Crippen LogP contribution in [0.2, 0.25) is 0 Å². The number of amides is 1. The van der Waals surface area contributed by atoms with Crippen molar-refractivity contribution in [3.63, 3.8) is 0 Å². The molecular formula is C20H21FN4O4S2. The summed E-state index contributed by atoms with van der Waals surface area (Å²) in [4.78, 5) is 18.2. The molecule has 4 rings (SSSR count). The lowest BCUT2D eigenvalue weighted by molar-refractivity contribution is -0.120. The van der Waals surface area contributed by atoms with Crippen LogP contribution in [0.25, 0.3) is 10.7 Å². The van der Waals surface area contributed by atoms with Crippen molar-refractivity contribution >= 4 is 33.0 Å². The number of halogens is 1. The zero-order chi connectivity index (χ0) is 22.2. The van der Waals surface area contributed by atoms with Crippen LogP contribution in [0.15, 0.2) is 39.8 Å². The average molecular weight is 465 g/mol. The minimum absolute atomic E-state index is 0.0363. The zero-order valence-corrected chi connectivity index (χ0v) is 18.6. The Morgan fingerprint density at radius 2 is 2.10 bits per heavy atom. The predicted octanol–water partition coefficient (Wildman–Crippen LogP) is 3.59. The van der Waals surface area contributed by atoms with Gasteiger partial charge >= 0.3 is 0 Å². The van der Waals surface area contributed by atoms with E-state index < -0.39 is 27.7 Å². The third-order valence-corrected chi connectivity index (χ3v) is 8.29. The van der Waals surface area contributed by atoms with Gasteiger partial charge in [-0.3, -0.25) is 4.79 Å². The number of carbonyl (C=O) groups is 1. The third-order valence-electron chi connectivity index (χ3n) is 5.12. The highest BCUT2D eigenvalue weighted by Gasteiger charge is 2.35. The van der Waals surface area contributed by atoms with E-state index in [-0.39, 0.29) is 17.1 Å². The van der Waals surface area contributed by atoms with Crippen molar-refractivity contribution in [1.29, 1.82) is 0 Å². The van der Waals surface area contributed by atoms with Gasteiger partial charge in [-0.15, -0.1) is 11.3 Å². The standard InChI is InChI=1S/C20H21FN4O4S2/c1-12-18(10-17(30-12)19-22-13(2)29-24-19)31(27,28)25-9-5-6-14(11-25)20(26)23-16-8-4-3-7-15(16)21/h3-4,7-8,10,14H,5-6,9,11H2,1-2H3,(H,23,26)/t14-/m0/s1. The van der Waals surface area contributed by atoms with Crippen LogP contribution >= 0.6 is 11.3 Å². The van der Waals surface area contributed by atoms with E-state index in [0.29, 0.717) is 40.9 Å². The van der Waals surface area contributed by atoms with Gasteiger partial charge in [0, 0.05) is 24.9 Å². The summed E-state index contributed by atoms with van der Waals surface area (Å²) < 4.78 is 46.8. The minimum Gasteiger partial charge on any atom is -0.339 e. The van der Waals surface area contributed by atoms with E-state index in [4.69, 9.17) is 4.52 Å². The number of benzene rings is 1. The SMILES string of the molecule is Cc1nc(-c2cc(S(=O)(=O)N3CCC[C@H](C(=O)Nc4ccccc4F)C3)c(C)s2)no1. The zero-order valence-electron chi connectivity index (χ0n) is 17.0. The molecule has 1 N–H and O–H groups in total. The van der Waals surface area contributed by atoms with E-state index in [9.17, 15) is 17.6 Å². The maximum absolute atomic E-state index is 13.9. The molecule has 1 saturated heterocycles. The molecule has 1 aliphatic rings. The van der Waals surface area contributed by atoms with Gasteiger partial charge < -0.3 is 9.84 Å². The molecule has 0 spiro atoms. The summed E-state index contributed by atoms with van der Waals surface area (Å²) >= 11 is 1.27. The van der Waals surface area contributed by atoms with Crippen LogP contribution in [-0.4, -0.2) is 41.9 Å². The summed E-state index contributed by atoms with van der Waals surface area (Å²) in [5.41, 5.74) is 0.0845. The molecule has 0 aliphatic carbocycles. The maximum Gasteiger partial charge on any atom is 0.244 e. The molecule has 164 valence electrons. The monoisotopic (exact) mass is 464 g/mol. The molecule has 1 fully saturated rings. The van der Waals surface area contributed by atoms with Gasteiger partial charge in [-0.05, 0) is 38.0 Å². The van der Waals surface area contributed by atoms with E-state index in [0.717, 1.165) is 0 Å². The topological polar surface area (TPSA) is 105 Å². The smallest absolute Gasteiger partial charge is 0.244 e. The Bertz CT molecular complexity index is 1220. The van der Waals surface area contributed by atoms with Crippen LogP contribution in [0.1, 0.15) is 23.6 Å². The fourth-order valence-electron chi connectivity index (χ4n) is 3.54. The maximum atomic E-state index is 13.9. The van der Waals surface area contributed by atoms with Gasteiger partial charge in [-0.2, -0.15) is 9.29 Å². The Labute approximate surface area is 183 Å². The fraction of sp³-hybridized carbons (Fsp3) is 0.350. The highest BCUT2D eigenvalue weighted by molar-refractivity contribution is 7.89. The lowest BCUT2D eigenvalue weighted by atomic mass is 9.98. The first-order valence-electron chi connectivity index (χ1n) is 9.72. The normalized spacial score (nSPS) is 17.6. The Hall–Kier alpha value is -2.63. The Balaban J connectivity index is 1.53. The Morgan fingerprint density at radius 1 is 1.32 bits per heavy atom. The molecule has 3 heterocycles. The molecule has 1 aliphatic heterocycles. The van der Waals surface area contributed by atoms with Crippen molar-refractivity contribution in [1.82, 2.24) is 14.4 Å². The number of aromatic nitrogens is 2. The molecular weight excluding hydrogens is 443 g/mol. The van der Waals surface area contributed by atoms with Crippen molar-refractivity contribution in [2.24, 2.45) is 5.92 Å². The van der Waals surface area contributed by atoms with Gasteiger partial charge in [0.15, 0.2) is 0 Å². The molecule has 2 aromatic heterocycles. The van der Waals surface area contributed by atoms with Gasteiger partial charge in [0.1, 0.15) is 5.82 Å². The highest BCUT2D eigenvalue weighted by atomic mass is 32.2. The summed E-state index contributed by atoms with van der Waals surface area (Å²) in [5.74, 6) is -0.760. The van der Waals surface area contributed by atoms with Crippen LogP contribution < -0.4 is 5.32 Å². The number of anilines is 1. The fourth-order valence-corrected chi connectivity index (χ4v) is 6.55. The van der Waals surface area contributed by atoms with Crippen LogP contribution in [0, 0.1) is 25.6 Å². The summed E-state index contributed by atoms with van der Waals surface area (Å²) in [7, 11) is -3.82. The molecule has 31 heavy (non-hydrogen) atoms. The number of sulfonamides is 1. The molecule has 11 heteroatoms. The number of rotatable bonds is 5. The number of para-hydroxylation sites is 1. The average Bonchev–Trinajstić information content (AvgIpc) is 3.35. The van der Waals surface area contributed by atoms with Gasteiger partial charge in [0.2, 0.25) is 27.6 Å².